The summed E-state index contributed by atoms with van der Waals surface area (Å²) in [6.45, 7) is 3.10. The zero-order valence-corrected chi connectivity index (χ0v) is 14.7. The number of nitrogens with zero attached hydrogens (tertiary/aromatic N) is 3. The van der Waals surface area contributed by atoms with Crippen LogP contribution in [-0.2, 0) is 27.4 Å². The lowest BCUT2D eigenvalue weighted by Gasteiger charge is -2.22. The lowest BCUT2D eigenvalue weighted by atomic mass is 10.1. The number of carbonyl (C=O) groups excluding carboxylic acids is 2. The molecule has 6 nitrogen and oxygen atoms in total. The molecule has 0 heterocycles. The van der Waals surface area contributed by atoms with Crippen LogP contribution in [-0.4, -0.2) is 40.3 Å². The van der Waals surface area contributed by atoms with Gasteiger partial charge in [0.1, 0.15) is 6.61 Å². The maximum absolute atomic E-state index is 11.8. The highest BCUT2D eigenvalue weighted by Gasteiger charge is 2.27. The number of esters is 1. The third-order valence-corrected chi connectivity index (χ3v) is 3.77. The molecule has 2 rings (SSSR count). The minimum atomic E-state index is -0.917. The van der Waals surface area contributed by atoms with E-state index in [0.717, 1.165) is 18.1 Å². The summed E-state index contributed by atoms with van der Waals surface area (Å²) < 4.78 is 5.07. The molecule has 0 saturated carbocycles. The van der Waals surface area contributed by atoms with Crippen LogP contribution in [0, 0.1) is 0 Å². The summed E-state index contributed by atoms with van der Waals surface area (Å²) >= 11 is 0. The highest BCUT2D eigenvalue weighted by atomic mass is 16.5. The SMILES string of the molecule is CC(=O)C(=[N+]=[N-])C(=O)OCCN(Cc1ccccc1)Cc1ccccc1. The summed E-state index contributed by atoms with van der Waals surface area (Å²) in [5.74, 6) is -1.55. The summed E-state index contributed by atoms with van der Waals surface area (Å²) in [6, 6.07) is 20.0. The average molecular weight is 351 g/mol. The summed E-state index contributed by atoms with van der Waals surface area (Å²) in [5.41, 5.74) is 10.4. The van der Waals surface area contributed by atoms with E-state index >= 15 is 0 Å². The van der Waals surface area contributed by atoms with Crippen molar-refractivity contribution in [2.75, 3.05) is 13.2 Å². The largest absolute Gasteiger partial charge is 0.455 e. The standard InChI is InChI=1S/C20H21N3O3/c1-16(24)19(22-21)20(25)26-13-12-23(14-17-8-4-2-5-9-17)15-18-10-6-3-7-11-18/h2-11H,12-15H2,1H3. The molecule has 6 heteroatoms. The van der Waals surface area contributed by atoms with Gasteiger partial charge >= 0.3 is 11.7 Å². The predicted molar refractivity (Wildman–Crippen MR) is 97.3 cm³/mol. The Morgan fingerprint density at radius 1 is 0.962 bits per heavy atom. The van der Waals surface area contributed by atoms with Gasteiger partial charge in [0, 0.05) is 26.6 Å². The second kappa shape index (κ2) is 10.0. The van der Waals surface area contributed by atoms with E-state index < -0.39 is 17.5 Å². The van der Waals surface area contributed by atoms with E-state index in [1.54, 1.807) is 0 Å². The second-order valence-electron chi connectivity index (χ2n) is 5.82. The van der Waals surface area contributed by atoms with Gasteiger partial charge in [0.2, 0.25) is 5.78 Å². The molecule has 2 aromatic rings. The van der Waals surface area contributed by atoms with Crippen LogP contribution < -0.4 is 0 Å². The van der Waals surface area contributed by atoms with Gasteiger partial charge in [-0.1, -0.05) is 60.7 Å². The number of rotatable bonds is 9. The van der Waals surface area contributed by atoms with Crippen molar-refractivity contribution in [2.45, 2.75) is 20.0 Å². The maximum Gasteiger partial charge on any atom is 0.441 e. The molecule has 0 aliphatic heterocycles. The van der Waals surface area contributed by atoms with E-state index in [0.29, 0.717) is 19.6 Å². The third kappa shape index (κ3) is 6.09. The number of hydrogen-bond acceptors (Lipinski definition) is 4. The van der Waals surface area contributed by atoms with Gasteiger partial charge < -0.3 is 10.3 Å². The van der Waals surface area contributed by atoms with Crippen molar-refractivity contribution in [3.63, 3.8) is 0 Å². The maximum atomic E-state index is 11.8. The summed E-state index contributed by atoms with van der Waals surface area (Å²) in [7, 11) is 0. The Balaban J connectivity index is 1.98. The molecule has 134 valence electrons. The van der Waals surface area contributed by atoms with E-state index in [9.17, 15) is 9.59 Å². The van der Waals surface area contributed by atoms with Crippen LogP contribution in [0.15, 0.2) is 60.7 Å². The molecule has 2 aromatic carbocycles. The van der Waals surface area contributed by atoms with Gasteiger partial charge in [0.25, 0.3) is 0 Å². The lowest BCUT2D eigenvalue weighted by molar-refractivity contribution is -0.142. The van der Waals surface area contributed by atoms with Crippen LogP contribution in [0.2, 0.25) is 0 Å². The van der Waals surface area contributed by atoms with Gasteiger partial charge in [0.05, 0.1) is 0 Å². The molecule has 0 N–H and O–H groups in total. The minimum absolute atomic E-state index is 0.0881. The molecule has 0 aromatic heterocycles. The van der Waals surface area contributed by atoms with Crippen LogP contribution in [0.3, 0.4) is 0 Å². The van der Waals surface area contributed by atoms with Gasteiger partial charge in [-0.3, -0.25) is 9.69 Å². The Bertz CT molecular complexity index is 743. The normalized spacial score (nSPS) is 10.2. The third-order valence-electron chi connectivity index (χ3n) is 3.77. The van der Waals surface area contributed by atoms with Crippen molar-refractivity contribution in [1.82, 2.24) is 4.90 Å². The molecule has 0 bridgehead atoms. The van der Waals surface area contributed by atoms with Crippen LogP contribution >= 0.6 is 0 Å². The molecule has 0 fully saturated rings. The first-order valence-electron chi connectivity index (χ1n) is 8.30. The zero-order chi connectivity index (χ0) is 18.8. The second-order valence-corrected chi connectivity index (χ2v) is 5.82. The smallest absolute Gasteiger partial charge is 0.441 e. The highest BCUT2D eigenvalue weighted by Crippen LogP contribution is 2.09. The Labute approximate surface area is 152 Å². The first kappa shape index (κ1) is 19.2. The molecule has 0 saturated heterocycles. The minimum Gasteiger partial charge on any atom is -0.455 e. The van der Waals surface area contributed by atoms with Crippen LogP contribution in [0.5, 0.6) is 0 Å². The molecular formula is C20H21N3O3. The van der Waals surface area contributed by atoms with E-state index in [4.69, 9.17) is 10.3 Å². The molecule has 0 atom stereocenters. The Morgan fingerprint density at radius 2 is 1.46 bits per heavy atom. The van der Waals surface area contributed by atoms with E-state index in [1.165, 1.54) is 0 Å². The Morgan fingerprint density at radius 3 is 1.88 bits per heavy atom. The fraction of sp³-hybridized carbons (Fsp3) is 0.250. The molecule has 0 amide bonds. The number of carbonyl (C=O) groups is 2. The summed E-state index contributed by atoms with van der Waals surface area (Å²) in [4.78, 5) is 27.8. The van der Waals surface area contributed by atoms with Crippen LogP contribution in [0.25, 0.3) is 5.53 Å². The topological polar surface area (TPSA) is 83.0 Å². The number of ketones is 1. The summed E-state index contributed by atoms with van der Waals surface area (Å²) in [6.07, 6.45) is 0. The van der Waals surface area contributed by atoms with Crippen LogP contribution in [0.1, 0.15) is 18.1 Å². The van der Waals surface area contributed by atoms with Gasteiger partial charge in [0.15, 0.2) is 0 Å². The summed E-state index contributed by atoms with van der Waals surface area (Å²) in [5, 5.41) is 0. The van der Waals surface area contributed by atoms with Crippen molar-refractivity contribution in [3.05, 3.63) is 77.3 Å². The van der Waals surface area contributed by atoms with Gasteiger partial charge in [-0.15, -0.1) is 0 Å². The van der Waals surface area contributed by atoms with Gasteiger partial charge in [-0.2, -0.15) is 4.79 Å². The van der Waals surface area contributed by atoms with Crippen molar-refractivity contribution >= 4 is 17.5 Å². The molecule has 0 unspecified atom stereocenters. The predicted octanol–water partition coefficient (Wildman–Crippen LogP) is 2.49. The molecule has 0 radical (unpaired) electrons. The lowest BCUT2D eigenvalue weighted by Crippen LogP contribution is -2.31. The van der Waals surface area contributed by atoms with Gasteiger partial charge in [-0.25, -0.2) is 4.79 Å². The Kier molecular flexibility index (Phi) is 7.43. The number of benzene rings is 2. The quantitative estimate of drug-likeness (QED) is 0.228. The first-order valence-corrected chi connectivity index (χ1v) is 8.30. The van der Waals surface area contributed by atoms with E-state index in [2.05, 4.69) is 9.69 Å². The van der Waals surface area contributed by atoms with Crippen molar-refractivity contribution < 1.29 is 19.1 Å². The van der Waals surface area contributed by atoms with Crippen molar-refractivity contribution in [3.8, 4) is 0 Å². The zero-order valence-electron chi connectivity index (χ0n) is 14.7. The van der Waals surface area contributed by atoms with Gasteiger partial charge in [-0.05, 0) is 11.1 Å². The van der Waals surface area contributed by atoms with E-state index in [1.807, 2.05) is 60.7 Å². The molecule has 0 aliphatic carbocycles. The first-order chi connectivity index (χ1) is 12.6. The van der Waals surface area contributed by atoms with E-state index in [-0.39, 0.29) is 6.61 Å². The van der Waals surface area contributed by atoms with Crippen molar-refractivity contribution in [2.24, 2.45) is 0 Å². The molecule has 0 spiro atoms. The molecule has 26 heavy (non-hydrogen) atoms. The average Bonchev–Trinajstić information content (AvgIpc) is 2.63. The van der Waals surface area contributed by atoms with Crippen LogP contribution in [0.4, 0.5) is 0 Å². The monoisotopic (exact) mass is 351 g/mol. The number of hydrogen-bond donors (Lipinski definition) is 0. The Hall–Kier alpha value is -3.08. The molecule has 0 aliphatic rings. The highest BCUT2D eigenvalue weighted by molar-refractivity contribution is 6.61. The fourth-order valence-corrected chi connectivity index (χ4v) is 2.49. The number of ether oxygens (including phenoxy) is 1. The number of Topliss-reactive ketones (excluding diaryl/α,β-unsaturated/α-hetero) is 1. The van der Waals surface area contributed by atoms with Crippen molar-refractivity contribution in [1.29, 1.82) is 0 Å². The fourth-order valence-electron chi connectivity index (χ4n) is 2.49. The molecular weight excluding hydrogens is 330 g/mol.